The van der Waals surface area contributed by atoms with Crippen LogP contribution in [0.1, 0.15) is 50.3 Å². The van der Waals surface area contributed by atoms with Crippen LogP contribution in [0.3, 0.4) is 0 Å². The van der Waals surface area contributed by atoms with E-state index in [1.165, 1.54) is 24.3 Å². The van der Waals surface area contributed by atoms with E-state index in [-0.39, 0.29) is 19.0 Å². The molecule has 3 rings (SSSR count). The van der Waals surface area contributed by atoms with Gasteiger partial charge in [0.1, 0.15) is 17.9 Å². The van der Waals surface area contributed by atoms with E-state index in [1.807, 2.05) is 37.3 Å². The number of rotatable bonds is 8. The Bertz CT molecular complexity index is 917. The van der Waals surface area contributed by atoms with Crippen molar-refractivity contribution in [3.8, 4) is 0 Å². The van der Waals surface area contributed by atoms with Gasteiger partial charge in [-0.25, -0.2) is 9.18 Å². The zero-order valence-electron chi connectivity index (χ0n) is 17.2. The molecule has 7 heteroatoms. The van der Waals surface area contributed by atoms with Gasteiger partial charge in [-0.05, 0) is 36.1 Å². The number of nitrogens with zero attached hydrogens (tertiary/aromatic N) is 1. The maximum Gasteiger partial charge on any atom is 0.325 e. The predicted octanol–water partition coefficient (Wildman–Crippen LogP) is 3.64. The Morgan fingerprint density at radius 2 is 1.77 bits per heavy atom. The van der Waals surface area contributed by atoms with Crippen LogP contribution in [0.4, 0.5) is 9.18 Å². The van der Waals surface area contributed by atoms with Gasteiger partial charge in [-0.1, -0.05) is 62.7 Å². The second kappa shape index (κ2) is 9.07. The Hall–Kier alpha value is -3.22. The van der Waals surface area contributed by atoms with Gasteiger partial charge in [-0.2, -0.15) is 0 Å². The number of benzene rings is 2. The van der Waals surface area contributed by atoms with E-state index in [1.54, 1.807) is 6.92 Å². The van der Waals surface area contributed by atoms with Crippen molar-refractivity contribution in [2.24, 2.45) is 0 Å². The summed E-state index contributed by atoms with van der Waals surface area (Å²) in [4.78, 5) is 39.3. The lowest BCUT2D eigenvalue weighted by Crippen LogP contribution is -2.45. The number of halogens is 1. The van der Waals surface area contributed by atoms with Gasteiger partial charge in [0.15, 0.2) is 0 Å². The molecule has 0 unspecified atom stereocenters. The molecule has 2 atom stereocenters. The monoisotopic (exact) mass is 411 g/mol. The van der Waals surface area contributed by atoms with Crippen LogP contribution in [0.2, 0.25) is 0 Å². The minimum Gasteiger partial charge on any atom is -0.348 e. The van der Waals surface area contributed by atoms with E-state index >= 15 is 0 Å². The summed E-state index contributed by atoms with van der Waals surface area (Å²) in [5.74, 6) is -1.35. The third kappa shape index (κ3) is 4.20. The van der Waals surface area contributed by atoms with Crippen molar-refractivity contribution in [2.45, 2.75) is 44.7 Å². The highest BCUT2D eigenvalue weighted by Gasteiger charge is 2.51. The summed E-state index contributed by atoms with van der Waals surface area (Å²) in [5.41, 5.74) is 0.160. The lowest BCUT2D eigenvalue weighted by molar-refractivity contribution is -0.135. The van der Waals surface area contributed by atoms with Crippen LogP contribution < -0.4 is 10.6 Å². The average Bonchev–Trinajstić information content (AvgIpc) is 2.99. The third-order valence-corrected chi connectivity index (χ3v) is 5.46. The zero-order chi connectivity index (χ0) is 21.7. The predicted molar refractivity (Wildman–Crippen MR) is 111 cm³/mol. The minimum atomic E-state index is -1.30. The van der Waals surface area contributed by atoms with Crippen molar-refractivity contribution in [3.05, 3.63) is 71.5 Å². The summed E-state index contributed by atoms with van der Waals surface area (Å²) >= 11 is 0. The van der Waals surface area contributed by atoms with Crippen molar-refractivity contribution in [2.75, 3.05) is 6.54 Å². The lowest BCUT2D eigenvalue weighted by atomic mass is 9.87. The molecule has 0 radical (unpaired) electrons. The fourth-order valence-electron chi connectivity index (χ4n) is 3.82. The zero-order valence-corrected chi connectivity index (χ0v) is 17.2. The summed E-state index contributed by atoms with van der Waals surface area (Å²) in [6, 6.07) is 14.2. The Balaban J connectivity index is 1.76. The quantitative estimate of drug-likeness (QED) is 0.651. The number of hydrogen-bond acceptors (Lipinski definition) is 3. The molecular formula is C23H26FN3O3. The smallest absolute Gasteiger partial charge is 0.325 e. The fraction of sp³-hybridized carbons (Fsp3) is 0.348. The molecule has 4 amide bonds. The number of amides is 4. The molecule has 0 aromatic heterocycles. The molecule has 158 valence electrons. The number of carbonyl (C=O) groups is 3. The molecule has 2 N–H and O–H groups in total. The number of urea groups is 1. The first-order chi connectivity index (χ1) is 14.4. The first-order valence-corrected chi connectivity index (χ1v) is 10.2. The molecule has 0 aliphatic carbocycles. The number of nitrogens with one attached hydrogen (secondary N) is 2. The molecule has 0 bridgehead atoms. The summed E-state index contributed by atoms with van der Waals surface area (Å²) in [6.07, 6.45) is 1.89. The molecule has 0 spiro atoms. The van der Waals surface area contributed by atoms with Crippen molar-refractivity contribution >= 4 is 17.8 Å². The van der Waals surface area contributed by atoms with Crippen LogP contribution in [-0.4, -0.2) is 29.3 Å². The lowest BCUT2D eigenvalue weighted by Gasteiger charge is -2.26. The topological polar surface area (TPSA) is 78.5 Å². The normalized spacial score (nSPS) is 19.5. The van der Waals surface area contributed by atoms with Gasteiger partial charge in [-0.15, -0.1) is 0 Å². The summed E-state index contributed by atoms with van der Waals surface area (Å²) in [7, 11) is 0. The maximum atomic E-state index is 13.3. The van der Waals surface area contributed by atoms with Gasteiger partial charge in [0.25, 0.3) is 5.91 Å². The minimum absolute atomic E-state index is 0.197. The second-order valence-electron chi connectivity index (χ2n) is 7.41. The van der Waals surface area contributed by atoms with Crippen LogP contribution in [0.25, 0.3) is 0 Å². The van der Waals surface area contributed by atoms with Crippen molar-refractivity contribution in [1.82, 2.24) is 15.5 Å². The highest BCUT2D eigenvalue weighted by molar-refractivity contribution is 6.09. The molecular weight excluding hydrogens is 385 g/mol. The van der Waals surface area contributed by atoms with Crippen LogP contribution in [0.5, 0.6) is 0 Å². The van der Waals surface area contributed by atoms with Gasteiger partial charge >= 0.3 is 6.03 Å². The van der Waals surface area contributed by atoms with Gasteiger partial charge in [0.2, 0.25) is 5.91 Å². The third-order valence-electron chi connectivity index (χ3n) is 5.46. The Morgan fingerprint density at radius 1 is 1.10 bits per heavy atom. The van der Waals surface area contributed by atoms with E-state index < -0.39 is 29.2 Å². The van der Waals surface area contributed by atoms with Crippen molar-refractivity contribution in [1.29, 1.82) is 0 Å². The highest BCUT2D eigenvalue weighted by atomic mass is 19.1. The number of hydrogen-bond donors (Lipinski definition) is 2. The van der Waals surface area contributed by atoms with E-state index in [0.717, 1.165) is 23.3 Å². The van der Waals surface area contributed by atoms with Crippen molar-refractivity contribution in [3.63, 3.8) is 0 Å². The van der Waals surface area contributed by atoms with Gasteiger partial charge < -0.3 is 10.6 Å². The maximum absolute atomic E-state index is 13.3. The second-order valence-corrected chi connectivity index (χ2v) is 7.41. The summed E-state index contributed by atoms with van der Waals surface area (Å²) in [6.45, 7) is 3.41. The molecule has 30 heavy (non-hydrogen) atoms. The molecule has 0 saturated carbocycles. The molecule has 1 fully saturated rings. The van der Waals surface area contributed by atoms with Crippen LogP contribution in [0, 0.1) is 5.82 Å². The fourth-order valence-corrected chi connectivity index (χ4v) is 3.82. The van der Waals surface area contributed by atoms with Gasteiger partial charge in [0, 0.05) is 0 Å². The summed E-state index contributed by atoms with van der Waals surface area (Å²) in [5, 5.41) is 5.64. The molecule has 1 aliphatic heterocycles. The van der Waals surface area contributed by atoms with Crippen LogP contribution in [-0.2, 0) is 15.1 Å². The number of imide groups is 1. The Morgan fingerprint density at radius 3 is 2.37 bits per heavy atom. The Labute approximate surface area is 175 Å². The molecule has 6 nitrogen and oxygen atoms in total. The standard InChI is InChI=1S/C23H26FN3O3/c1-3-8-19(16-9-6-5-7-10-16)25-20(28)15-27-21(29)23(4-2,26-22(27)30)17-11-13-18(24)14-12-17/h5-7,9-14,19H,3-4,8,15H2,1-2H3,(H,25,28)(H,26,30)/t19-,23+/m1/s1. The first kappa shape index (κ1) is 21.5. The molecule has 1 saturated heterocycles. The summed E-state index contributed by atoms with van der Waals surface area (Å²) < 4.78 is 13.3. The average molecular weight is 411 g/mol. The van der Waals surface area contributed by atoms with Crippen LogP contribution >= 0.6 is 0 Å². The van der Waals surface area contributed by atoms with Crippen molar-refractivity contribution < 1.29 is 18.8 Å². The molecule has 1 heterocycles. The molecule has 2 aromatic rings. The molecule has 2 aromatic carbocycles. The van der Waals surface area contributed by atoms with E-state index in [9.17, 15) is 18.8 Å². The van der Waals surface area contributed by atoms with E-state index in [0.29, 0.717) is 5.56 Å². The van der Waals surface area contributed by atoms with Crippen LogP contribution in [0.15, 0.2) is 54.6 Å². The van der Waals surface area contributed by atoms with Gasteiger partial charge in [-0.3, -0.25) is 14.5 Å². The highest BCUT2D eigenvalue weighted by Crippen LogP contribution is 2.32. The van der Waals surface area contributed by atoms with E-state index in [4.69, 9.17) is 0 Å². The van der Waals surface area contributed by atoms with E-state index in [2.05, 4.69) is 10.6 Å². The first-order valence-electron chi connectivity index (χ1n) is 10.2. The van der Waals surface area contributed by atoms with Gasteiger partial charge in [0.05, 0.1) is 6.04 Å². The molecule has 1 aliphatic rings. The Kier molecular flexibility index (Phi) is 6.50. The largest absolute Gasteiger partial charge is 0.348 e. The SMILES string of the molecule is CCC[C@@H](NC(=O)CN1C(=O)N[C@@](CC)(c2ccc(F)cc2)C1=O)c1ccccc1. The number of carbonyl (C=O) groups excluding carboxylic acids is 3.